The average molecular weight is 401 g/mol. The van der Waals surface area contributed by atoms with Gasteiger partial charge in [-0.3, -0.25) is 4.79 Å². The molecule has 10 heteroatoms. The summed E-state index contributed by atoms with van der Waals surface area (Å²) in [4.78, 5) is 12.3. The van der Waals surface area contributed by atoms with Gasteiger partial charge in [0, 0.05) is 6.54 Å². The molecule has 4 atom stereocenters. The number of fused-ring (bicyclic) bond motifs is 1. The van der Waals surface area contributed by atoms with Gasteiger partial charge < -0.3 is 24.1 Å². The van der Waals surface area contributed by atoms with Gasteiger partial charge in [-0.15, -0.1) is 0 Å². The van der Waals surface area contributed by atoms with E-state index in [0.717, 1.165) is 11.4 Å². The Labute approximate surface area is 157 Å². The molecule has 0 spiro atoms. The molecule has 9 nitrogen and oxygen atoms in total. The maximum absolute atomic E-state index is 13.2. The molecule has 2 aliphatic rings. The van der Waals surface area contributed by atoms with Crippen molar-refractivity contribution >= 4 is 16.0 Å². The van der Waals surface area contributed by atoms with Crippen molar-refractivity contribution in [2.75, 3.05) is 20.8 Å². The minimum absolute atomic E-state index is 0.0407. The fraction of sp³-hybridized carbons (Fsp3) is 0.588. The van der Waals surface area contributed by atoms with E-state index >= 15 is 0 Å². The predicted octanol–water partition coefficient (Wildman–Crippen LogP) is 0.122. The molecule has 2 fully saturated rings. The fourth-order valence-corrected chi connectivity index (χ4v) is 5.05. The lowest BCUT2D eigenvalue weighted by molar-refractivity contribution is -0.164. The molecule has 0 saturated carbocycles. The second kappa shape index (κ2) is 7.02. The highest BCUT2D eigenvalue weighted by atomic mass is 32.2. The summed E-state index contributed by atoms with van der Waals surface area (Å²) in [6, 6.07) is 4.30. The smallest absolute Gasteiger partial charge is 0.326 e. The Balaban J connectivity index is 2.00. The summed E-state index contributed by atoms with van der Waals surface area (Å²) in [7, 11) is -1.52. The van der Waals surface area contributed by atoms with Crippen molar-refractivity contribution in [1.82, 2.24) is 4.31 Å². The second-order valence-corrected chi connectivity index (χ2v) is 8.74. The molecule has 1 aromatic carbocycles. The summed E-state index contributed by atoms with van der Waals surface area (Å²) in [5.74, 6) is -1.38. The largest absolute Gasteiger partial charge is 0.497 e. The van der Waals surface area contributed by atoms with Gasteiger partial charge in [0.25, 0.3) is 0 Å². The van der Waals surface area contributed by atoms with Crippen molar-refractivity contribution < 1.29 is 37.3 Å². The van der Waals surface area contributed by atoms with Gasteiger partial charge in [0.15, 0.2) is 11.8 Å². The zero-order valence-corrected chi connectivity index (χ0v) is 16.3. The van der Waals surface area contributed by atoms with E-state index in [2.05, 4.69) is 0 Å². The first-order valence-electron chi connectivity index (χ1n) is 8.38. The first-order valence-corrected chi connectivity index (χ1v) is 9.82. The van der Waals surface area contributed by atoms with Crippen LogP contribution in [0.1, 0.15) is 13.8 Å². The highest BCUT2D eigenvalue weighted by Crippen LogP contribution is 2.38. The van der Waals surface area contributed by atoms with E-state index < -0.39 is 46.1 Å². The monoisotopic (exact) mass is 401 g/mol. The number of piperidine rings is 1. The van der Waals surface area contributed by atoms with Crippen LogP contribution >= 0.6 is 0 Å². The summed E-state index contributed by atoms with van der Waals surface area (Å²) in [6.07, 6.45) is -3.00. The van der Waals surface area contributed by atoms with E-state index in [1.54, 1.807) is 13.8 Å². The van der Waals surface area contributed by atoms with Crippen molar-refractivity contribution in [3.05, 3.63) is 24.3 Å². The number of sulfonamides is 1. The lowest BCUT2D eigenvalue weighted by Gasteiger charge is -2.40. The van der Waals surface area contributed by atoms with E-state index in [-0.39, 0.29) is 11.4 Å². The Hall–Kier alpha value is -1.72. The number of rotatable bonds is 4. The topological polar surface area (TPSA) is 112 Å². The molecule has 0 aliphatic carbocycles. The number of aliphatic hydroxyl groups is 1. The summed E-state index contributed by atoms with van der Waals surface area (Å²) in [5.41, 5.74) is 0. The Morgan fingerprint density at radius 1 is 1.22 bits per heavy atom. The van der Waals surface area contributed by atoms with Gasteiger partial charge in [0.05, 0.1) is 19.1 Å². The van der Waals surface area contributed by atoms with E-state index in [0.29, 0.717) is 5.75 Å². The van der Waals surface area contributed by atoms with E-state index in [1.807, 2.05) is 0 Å². The van der Waals surface area contributed by atoms with Crippen LogP contribution in [-0.2, 0) is 29.0 Å². The highest BCUT2D eigenvalue weighted by Gasteiger charge is 2.57. The van der Waals surface area contributed by atoms with Crippen molar-refractivity contribution in [1.29, 1.82) is 0 Å². The second-order valence-electron chi connectivity index (χ2n) is 6.85. The Bertz CT molecular complexity index is 807. The number of methoxy groups -OCH3 is 2. The van der Waals surface area contributed by atoms with Gasteiger partial charge in [0.1, 0.15) is 24.1 Å². The van der Waals surface area contributed by atoms with Crippen molar-refractivity contribution in [3.63, 3.8) is 0 Å². The van der Waals surface area contributed by atoms with Crippen LogP contribution in [0.3, 0.4) is 0 Å². The molecular formula is C17H23NO8S. The first kappa shape index (κ1) is 20.0. The number of esters is 1. The Morgan fingerprint density at radius 3 is 2.41 bits per heavy atom. The van der Waals surface area contributed by atoms with Crippen LogP contribution in [0.5, 0.6) is 5.75 Å². The minimum Gasteiger partial charge on any atom is -0.497 e. The minimum atomic E-state index is -4.12. The highest BCUT2D eigenvalue weighted by molar-refractivity contribution is 7.89. The van der Waals surface area contributed by atoms with Crippen LogP contribution < -0.4 is 4.74 Å². The van der Waals surface area contributed by atoms with Crippen LogP contribution in [0.2, 0.25) is 0 Å². The van der Waals surface area contributed by atoms with Crippen molar-refractivity contribution in [2.24, 2.45) is 0 Å². The summed E-state index contributed by atoms with van der Waals surface area (Å²) in [5, 5.41) is 10.7. The summed E-state index contributed by atoms with van der Waals surface area (Å²) in [6.45, 7) is 3.17. The number of benzene rings is 1. The molecule has 0 unspecified atom stereocenters. The zero-order chi connectivity index (χ0) is 20.0. The molecule has 0 amide bonds. The maximum atomic E-state index is 13.2. The van der Waals surface area contributed by atoms with Crippen LogP contribution in [-0.4, -0.2) is 74.7 Å². The van der Waals surface area contributed by atoms with Crippen molar-refractivity contribution in [2.45, 2.75) is 48.9 Å². The molecule has 2 heterocycles. The molecule has 150 valence electrons. The maximum Gasteiger partial charge on any atom is 0.326 e. The van der Waals surface area contributed by atoms with E-state index in [4.69, 9.17) is 18.9 Å². The molecule has 2 saturated heterocycles. The lowest BCUT2D eigenvalue weighted by atomic mass is 9.96. The lowest BCUT2D eigenvalue weighted by Crippen LogP contribution is -2.64. The van der Waals surface area contributed by atoms with Crippen LogP contribution in [0.15, 0.2) is 29.2 Å². The number of aliphatic hydroxyl groups excluding tert-OH is 1. The molecule has 1 N–H and O–H groups in total. The number of carbonyl (C=O) groups is 1. The van der Waals surface area contributed by atoms with Gasteiger partial charge >= 0.3 is 5.97 Å². The van der Waals surface area contributed by atoms with Gasteiger partial charge in [0.2, 0.25) is 10.0 Å². The fourth-order valence-electron chi connectivity index (χ4n) is 3.44. The number of nitrogens with zero attached hydrogens (tertiary/aromatic N) is 1. The first-order chi connectivity index (χ1) is 12.6. The van der Waals surface area contributed by atoms with Gasteiger partial charge in [-0.1, -0.05) is 0 Å². The van der Waals surface area contributed by atoms with Crippen LogP contribution in [0.25, 0.3) is 0 Å². The molecule has 3 rings (SSSR count). The van der Waals surface area contributed by atoms with E-state index in [1.165, 1.54) is 31.4 Å². The average Bonchev–Trinajstić information content (AvgIpc) is 2.95. The quantitative estimate of drug-likeness (QED) is 0.709. The Kier molecular flexibility index (Phi) is 5.21. The Morgan fingerprint density at radius 2 is 1.85 bits per heavy atom. The third-order valence-electron chi connectivity index (χ3n) is 4.66. The molecule has 27 heavy (non-hydrogen) atoms. The SMILES string of the molecule is COC(=O)[C@H]1[C@@H](O)[C@@H]2OC(C)(C)O[C@H]2CN1S(=O)(=O)c1ccc(OC)cc1. The van der Waals surface area contributed by atoms with Crippen molar-refractivity contribution in [3.8, 4) is 5.75 Å². The predicted molar refractivity (Wildman–Crippen MR) is 92.5 cm³/mol. The number of carbonyl (C=O) groups excluding carboxylic acids is 1. The van der Waals surface area contributed by atoms with Gasteiger partial charge in [-0.2, -0.15) is 4.31 Å². The molecule has 0 radical (unpaired) electrons. The third-order valence-corrected chi connectivity index (χ3v) is 6.52. The molecule has 0 aromatic heterocycles. The zero-order valence-electron chi connectivity index (χ0n) is 15.5. The molecule has 1 aromatic rings. The van der Waals surface area contributed by atoms with E-state index in [9.17, 15) is 18.3 Å². The summed E-state index contributed by atoms with van der Waals surface area (Å²) < 4.78 is 48.4. The molecule has 0 bridgehead atoms. The van der Waals surface area contributed by atoms with Gasteiger partial charge in [-0.25, -0.2) is 8.42 Å². The summed E-state index contributed by atoms with van der Waals surface area (Å²) >= 11 is 0. The number of ether oxygens (including phenoxy) is 4. The number of hydrogen-bond donors (Lipinski definition) is 1. The normalized spacial score (nSPS) is 30.6. The molecule has 2 aliphatic heterocycles. The number of hydrogen-bond acceptors (Lipinski definition) is 8. The third kappa shape index (κ3) is 3.55. The van der Waals surface area contributed by atoms with Crippen LogP contribution in [0.4, 0.5) is 0 Å². The van der Waals surface area contributed by atoms with Gasteiger partial charge in [-0.05, 0) is 38.1 Å². The molecular weight excluding hydrogens is 378 g/mol. The standard InChI is InChI=1S/C17H23NO8S/c1-17(2)25-12-9-18(13(16(20)24-4)14(19)15(12)26-17)27(21,22)11-7-5-10(23-3)6-8-11/h5-8,12-15,19H,9H2,1-4H3/t12-,13+,14+,15+/m0/s1. The van der Waals surface area contributed by atoms with Crippen LogP contribution in [0, 0.1) is 0 Å².